The Labute approximate surface area is 157 Å². The summed E-state index contributed by atoms with van der Waals surface area (Å²) in [5.41, 5.74) is 2.23. The van der Waals surface area contributed by atoms with Crippen LogP contribution in [0.4, 0.5) is 0 Å². The summed E-state index contributed by atoms with van der Waals surface area (Å²) in [5, 5.41) is 3.04. The Kier molecular flexibility index (Phi) is 7.06. The maximum atomic E-state index is 12.3. The van der Waals surface area contributed by atoms with Crippen LogP contribution in [0.1, 0.15) is 57.6 Å². The van der Waals surface area contributed by atoms with Crippen LogP contribution in [0.15, 0.2) is 18.2 Å². The second-order valence-corrected chi connectivity index (χ2v) is 7.81. The van der Waals surface area contributed by atoms with Crippen LogP contribution in [0.3, 0.4) is 0 Å². The zero-order valence-electron chi connectivity index (χ0n) is 16.7. The molecule has 1 heterocycles. The summed E-state index contributed by atoms with van der Waals surface area (Å²) in [5.74, 6) is 1.25. The number of likely N-dealkylation sites (tertiary alicyclic amines) is 1. The largest absolute Gasteiger partial charge is 0.483 e. The minimum Gasteiger partial charge on any atom is -0.483 e. The highest BCUT2D eigenvalue weighted by molar-refractivity contribution is 5.79. The van der Waals surface area contributed by atoms with E-state index in [9.17, 15) is 9.59 Å². The first-order chi connectivity index (χ1) is 12.3. The van der Waals surface area contributed by atoms with E-state index in [4.69, 9.17) is 4.74 Å². The summed E-state index contributed by atoms with van der Waals surface area (Å²) in [7, 11) is 0. The van der Waals surface area contributed by atoms with Gasteiger partial charge in [0, 0.05) is 25.0 Å². The fourth-order valence-corrected chi connectivity index (χ4v) is 3.27. The van der Waals surface area contributed by atoms with Gasteiger partial charge in [-0.2, -0.15) is 0 Å². The third-order valence-corrected chi connectivity index (χ3v) is 4.82. The van der Waals surface area contributed by atoms with Gasteiger partial charge >= 0.3 is 0 Å². The van der Waals surface area contributed by atoms with E-state index in [1.54, 1.807) is 0 Å². The molecule has 2 rings (SSSR count). The van der Waals surface area contributed by atoms with E-state index in [1.807, 2.05) is 31.7 Å². The Bertz CT molecular complexity index is 632. The molecule has 0 aliphatic carbocycles. The SMILES string of the molecule is Cc1ccc(C(C)C)c(OCC(=O)NC2CCN(C(=O)C(C)C)CC2)c1. The number of carbonyl (C=O) groups excluding carboxylic acids is 2. The third-order valence-electron chi connectivity index (χ3n) is 4.82. The maximum absolute atomic E-state index is 12.3. The fourth-order valence-electron chi connectivity index (χ4n) is 3.27. The van der Waals surface area contributed by atoms with Crippen molar-refractivity contribution in [2.45, 2.75) is 59.4 Å². The van der Waals surface area contributed by atoms with Crippen molar-refractivity contribution in [1.82, 2.24) is 10.2 Å². The van der Waals surface area contributed by atoms with Crippen LogP contribution in [0.25, 0.3) is 0 Å². The number of nitrogens with one attached hydrogen (secondary N) is 1. The molecular weight excluding hydrogens is 328 g/mol. The Morgan fingerprint density at radius 3 is 2.42 bits per heavy atom. The number of hydrogen-bond acceptors (Lipinski definition) is 3. The molecule has 0 unspecified atom stereocenters. The minimum atomic E-state index is -0.102. The van der Waals surface area contributed by atoms with Crippen molar-refractivity contribution in [2.75, 3.05) is 19.7 Å². The molecule has 0 spiro atoms. The van der Waals surface area contributed by atoms with Crippen LogP contribution in [0.5, 0.6) is 5.75 Å². The topological polar surface area (TPSA) is 58.6 Å². The van der Waals surface area contributed by atoms with Crippen LogP contribution in [-0.4, -0.2) is 42.5 Å². The monoisotopic (exact) mass is 360 g/mol. The quantitative estimate of drug-likeness (QED) is 0.847. The second-order valence-electron chi connectivity index (χ2n) is 7.81. The van der Waals surface area contributed by atoms with Gasteiger partial charge in [0.1, 0.15) is 5.75 Å². The first kappa shape index (κ1) is 20.3. The summed E-state index contributed by atoms with van der Waals surface area (Å²) in [6.45, 7) is 11.5. The van der Waals surface area contributed by atoms with E-state index in [0.717, 1.165) is 29.7 Å². The van der Waals surface area contributed by atoms with Gasteiger partial charge in [-0.05, 0) is 42.9 Å². The van der Waals surface area contributed by atoms with Gasteiger partial charge in [-0.3, -0.25) is 9.59 Å². The Hall–Kier alpha value is -2.04. The molecule has 1 aromatic rings. The summed E-state index contributed by atoms with van der Waals surface area (Å²) in [4.78, 5) is 26.2. The summed E-state index contributed by atoms with van der Waals surface area (Å²) in [6.07, 6.45) is 1.60. The Balaban J connectivity index is 1.82. The van der Waals surface area contributed by atoms with E-state index >= 15 is 0 Å². The van der Waals surface area contributed by atoms with Crippen molar-refractivity contribution in [3.63, 3.8) is 0 Å². The highest BCUT2D eigenvalue weighted by Crippen LogP contribution is 2.27. The molecule has 0 bridgehead atoms. The smallest absolute Gasteiger partial charge is 0.258 e. The van der Waals surface area contributed by atoms with Crippen molar-refractivity contribution in [3.8, 4) is 5.75 Å². The maximum Gasteiger partial charge on any atom is 0.258 e. The van der Waals surface area contributed by atoms with Crippen LogP contribution in [0, 0.1) is 12.8 Å². The lowest BCUT2D eigenvalue weighted by Crippen LogP contribution is -2.48. The van der Waals surface area contributed by atoms with Crippen LogP contribution < -0.4 is 10.1 Å². The van der Waals surface area contributed by atoms with E-state index < -0.39 is 0 Å². The van der Waals surface area contributed by atoms with E-state index in [0.29, 0.717) is 19.0 Å². The number of hydrogen-bond donors (Lipinski definition) is 1. The Morgan fingerprint density at radius 2 is 1.85 bits per heavy atom. The van der Waals surface area contributed by atoms with Crippen LogP contribution in [-0.2, 0) is 9.59 Å². The van der Waals surface area contributed by atoms with E-state index in [-0.39, 0.29) is 30.4 Å². The normalized spacial score (nSPS) is 15.4. The molecule has 1 saturated heterocycles. The lowest BCUT2D eigenvalue weighted by Gasteiger charge is -2.33. The van der Waals surface area contributed by atoms with Gasteiger partial charge in [0.25, 0.3) is 5.91 Å². The molecule has 1 N–H and O–H groups in total. The van der Waals surface area contributed by atoms with Crippen molar-refractivity contribution < 1.29 is 14.3 Å². The third kappa shape index (κ3) is 5.48. The number of amides is 2. The average Bonchev–Trinajstić information content (AvgIpc) is 2.59. The standard InChI is InChI=1S/C21H32N2O3/c1-14(2)18-7-6-16(5)12-19(18)26-13-20(24)22-17-8-10-23(11-9-17)21(25)15(3)4/h6-7,12,14-15,17H,8-11,13H2,1-5H3,(H,22,24). The van der Waals surface area contributed by atoms with E-state index in [2.05, 4.69) is 31.3 Å². The van der Waals surface area contributed by atoms with Crippen molar-refractivity contribution >= 4 is 11.8 Å². The van der Waals surface area contributed by atoms with Gasteiger partial charge in [-0.1, -0.05) is 39.8 Å². The van der Waals surface area contributed by atoms with Gasteiger partial charge < -0.3 is 15.0 Å². The molecule has 2 amide bonds. The molecule has 1 aromatic carbocycles. The van der Waals surface area contributed by atoms with Gasteiger partial charge in [-0.25, -0.2) is 0 Å². The van der Waals surface area contributed by atoms with Gasteiger partial charge in [0.2, 0.25) is 5.91 Å². The molecule has 144 valence electrons. The number of rotatable bonds is 6. The molecule has 0 radical (unpaired) electrons. The molecule has 1 aliphatic rings. The van der Waals surface area contributed by atoms with Gasteiger partial charge in [-0.15, -0.1) is 0 Å². The Morgan fingerprint density at radius 1 is 1.19 bits per heavy atom. The van der Waals surface area contributed by atoms with E-state index in [1.165, 1.54) is 0 Å². The first-order valence-electron chi connectivity index (χ1n) is 9.59. The molecular formula is C21H32N2O3. The second kappa shape index (κ2) is 9.06. The lowest BCUT2D eigenvalue weighted by molar-refractivity contribution is -0.135. The van der Waals surface area contributed by atoms with Crippen LogP contribution >= 0.6 is 0 Å². The molecule has 26 heavy (non-hydrogen) atoms. The summed E-state index contributed by atoms with van der Waals surface area (Å²) in [6, 6.07) is 6.23. The summed E-state index contributed by atoms with van der Waals surface area (Å²) >= 11 is 0. The summed E-state index contributed by atoms with van der Waals surface area (Å²) < 4.78 is 5.80. The number of nitrogens with zero attached hydrogens (tertiary/aromatic N) is 1. The molecule has 5 heteroatoms. The molecule has 0 aromatic heterocycles. The highest BCUT2D eigenvalue weighted by atomic mass is 16.5. The average molecular weight is 360 g/mol. The number of carbonyl (C=O) groups is 2. The predicted octanol–water partition coefficient (Wildman–Crippen LogP) is 3.26. The lowest BCUT2D eigenvalue weighted by atomic mass is 10.0. The molecule has 0 atom stereocenters. The first-order valence-corrected chi connectivity index (χ1v) is 9.59. The minimum absolute atomic E-state index is 0.0221. The van der Waals surface area contributed by atoms with Gasteiger partial charge in [0.15, 0.2) is 6.61 Å². The zero-order valence-corrected chi connectivity index (χ0v) is 16.7. The van der Waals surface area contributed by atoms with Crippen molar-refractivity contribution in [1.29, 1.82) is 0 Å². The number of ether oxygens (including phenoxy) is 1. The van der Waals surface area contributed by atoms with Crippen LogP contribution in [0.2, 0.25) is 0 Å². The molecule has 1 aliphatic heterocycles. The molecule has 1 fully saturated rings. The number of benzene rings is 1. The molecule has 5 nitrogen and oxygen atoms in total. The predicted molar refractivity (Wildman–Crippen MR) is 103 cm³/mol. The number of aryl methyl sites for hydroxylation is 1. The van der Waals surface area contributed by atoms with Crippen molar-refractivity contribution in [3.05, 3.63) is 29.3 Å². The highest BCUT2D eigenvalue weighted by Gasteiger charge is 2.25. The number of piperidine rings is 1. The zero-order chi connectivity index (χ0) is 19.3. The van der Waals surface area contributed by atoms with Crippen molar-refractivity contribution in [2.24, 2.45) is 5.92 Å². The fraction of sp³-hybridized carbons (Fsp3) is 0.619. The molecule has 0 saturated carbocycles. The van der Waals surface area contributed by atoms with Gasteiger partial charge in [0.05, 0.1) is 0 Å².